The number of ether oxygens (including phenoxy) is 2. The fourth-order valence-electron chi connectivity index (χ4n) is 4.81. The van der Waals surface area contributed by atoms with Crippen LogP contribution in [0.3, 0.4) is 0 Å². The van der Waals surface area contributed by atoms with E-state index in [2.05, 4.69) is 26.4 Å². The zero-order valence-corrected chi connectivity index (χ0v) is 22.4. The van der Waals surface area contributed by atoms with Crippen LogP contribution in [-0.2, 0) is 12.0 Å². The molecule has 6 rings (SSSR count). The van der Waals surface area contributed by atoms with Gasteiger partial charge in [-0.2, -0.15) is 9.50 Å². The largest absolute Gasteiger partial charge is 0.496 e. The van der Waals surface area contributed by atoms with Gasteiger partial charge < -0.3 is 19.8 Å². The molecule has 1 saturated carbocycles. The van der Waals surface area contributed by atoms with Gasteiger partial charge in [0.1, 0.15) is 23.1 Å². The molecule has 1 aliphatic carbocycles. The minimum absolute atomic E-state index is 0.0635. The van der Waals surface area contributed by atoms with E-state index in [0.29, 0.717) is 29.4 Å². The van der Waals surface area contributed by atoms with E-state index >= 15 is 0 Å². The second kappa shape index (κ2) is 10.5. The Hall–Kier alpha value is -4.63. The lowest BCUT2D eigenvalue weighted by Crippen LogP contribution is -2.32. The number of rotatable bonds is 9. The first-order valence-electron chi connectivity index (χ1n) is 12.9. The number of amides is 1. The molecule has 2 aromatic heterocycles. The number of nitrogens with zero attached hydrogens (tertiary/aromatic N) is 3. The monoisotopic (exact) mass is 555 g/mol. The lowest BCUT2D eigenvalue weighted by atomic mass is 9.94. The molecule has 9 nitrogen and oxygen atoms in total. The van der Waals surface area contributed by atoms with Gasteiger partial charge >= 0.3 is 0 Å². The number of benzene rings is 3. The second-order valence-corrected chi connectivity index (χ2v) is 10.1. The molecule has 0 radical (unpaired) electrons. The highest BCUT2D eigenvalue weighted by Gasteiger charge is 2.46. The average Bonchev–Trinajstić information content (AvgIpc) is 3.67. The summed E-state index contributed by atoms with van der Waals surface area (Å²) >= 11 is 6.38. The third kappa shape index (κ3) is 4.80. The van der Waals surface area contributed by atoms with Crippen LogP contribution in [0.4, 0.5) is 0 Å². The molecule has 1 amide bonds. The summed E-state index contributed by atoms with van der Waals surface area (Å²) in [7, 11) is 1.66. The summed E-state index contributed by atoms with van der Waals surface area (Å²) in [5, 5.41) is 7.30. The smallest absolute Gasteiger partial charge is 0.294 e. The molecule has 0 spiro atoms. The third-order valence-electron chi connectivity index (χ3n) is 7.17. The van der Waals surface area contributed by atoms with E-state index in [-0.39, 0.29) is 28.7 Å². The molecule has 0 atom stereocenters. The van der Waals surface area contributed by atoms with Gasteiger partial charge in [0.2, 0.25) is 5.78 Å². The predicted octanol–water partition coefficient (Wildman–Crippen LogP) is 4.79. The topological polar surface area (TPSA) is 111 Å². The zero-order valence-electron chi connectivity index (χ0n) is 21.7. The van der Waals surface area contributed by atoms with Crippen LogP contribution in [0.5, 0.6) is 11.5 Å². The Morgan fingerprint density at radius 2 is 1.73 bits per heavy atom. The van der Waals surface area contributed by atoms with Crippen molar-refractivity contribution in [2.75, 3.05) is 13.7 Å². The number of hydrogen-bond acceptors (Lipinski definition) is 6. The quantitative estimate of drug-likeness (QED) is 0.271. The summed E-state index contributed by atoms with van der Waals surface area (Å²) in [5.74, 6) is 1.57. The van der Waals surface area contributed by atoms with E-state index in [0.717, 1.165) is 34.2 Å². The van der Waals surface area contributed by atoms with Crippen LogP contribution < -0.4 is 20.3 Å². The van der Waals surface area contributed by atoms with Gasteiger partial charge in [-0.1, -0.05) is 72.3 Å². The number of methoxy groups -OCH3 is 1. The lowest BCUT2D eigenvalue weighted by Gasteiger charge is -2.20. The van der Waals surface area contributed by atoms with Crippen molar-refractivity contribution in [2.24, 2.45) is 0 Å². The average molecular weight is 556 g/mol. The molecular weight excluding hydrogens is 530 g/mol. The Morgan fingerprint density at radius 3 is 2.48 bits per heavy atom. The molecule has 3 aromatic carbocycles. The van der Waals surface area contributed by atoms with Crippen LogP contribution >= 0.6 is 11.6 Å². The van der Waals surface area contributed by atoms with Crippen molar-refractivity contribution in [3.8, 4) is 22.9 Å². The van der Waals surface area contributed by atoms with Crippen molar-refractivity contribution >= 4 is 23.3 Å². The number of aromatic amines is 1. The van der Waals surface area contributed by atoms with Gasteiger partial charge in [-0.05, 0) is 31.0 Å². The van der Waals surface area contributed by atoms with E-state index in [1.165, 1.54) is 0 Å². The second-order valence-electron chi connectivity index (χ2n) is 9.71. The van der Waals surface area contributed by atoms with Gasteiger partial charge in [0.05, 0.1) is 18.4 Å². The molecular formula is C30H26ClN5O4. The maximum Gasteiger partial charge on any atom is 0.294 e. The first-order valence-corrected chi connectivity index (χ1v) is 13.2. The number of H-pyrrole nitrogens is 1. The predicted molar refractivity (Wildman–Crippen MR) is 151 cm³/mol. The van der Waals surface area contributed by atoms with E-state index < -0.39 is 5.56 Å². The van der Waals surface area contributed by atoms with Gasteiger partial charge in [0.25, 0.3) is 11.5 Å². The molecule has 1 aliphatic rings. The molecule has 0 bridgehead atoms. The van der Waals surface area contributed by atoms with E-state index in [4.69, 9.17) is 21.1 Å². The first-order chi connectivity index (χ1) is 19.5. The van der Waals surface area contributed by atoms with Crippen molar-refractivity contribution < 1.29 is 14.3 Å². The molecule has 10 heteroatoms. The third-order valence-corrected chi connectivity index (χ3v) is 7.56. The molecule has 2 heterocycles. The standard InChI is InChI=1S/C30H26ClN5O4/c1-39-24-14-8-6-12-21(24)30(15-16-30)18-32-27(37)20-11-5-7-13-23(20)40-17-22-25(31)28(38)36-29(33-22)34-26(35-36)19-9-3-2-4-10-19/h2-14H,15-18H2,1H3,(H,32,37)(H,33,34,35). The van der Waals surface area contributed by atoms with E-state index in [1.807, 2.05) is 48.5 Å². The number of carbonyl (C=O) groups excluding carboxylic acids is 1. The van der Waals surface area contributed by atoms with Gasteiger partial charge in [0.15, 0.2) is 5.82 Å². The molecule has 0 unspecified atom stereocenters. The van der Waals surface area contributed by atoms with Crippen LogP contribution in [0.15, 0.2) is 83.7 Å². The van der Waals surface area contributed by atoms with Gasteiger partial charge in [-0.3, -0.25) is 9.59 Å². The fraction of sp³-hybridized carbons (Fsp3) is 0.200. The Labute approximate surface area is 234 Å². The molecule has 0 aliphatic heterocycles. The number of para-hydroxylation sites is 2. The summed E-state index contributed by atoms with van der Waals surface area (Å²) in [6.07, 6.45) is 1.93. The van der Waals surface area contributed by atoms with Crippen LogP contribution in [0.1, 0.15) is 34.5 Å². The minimum Gasteiger partial charge on any atom is -0.496 e. The number of aromatic nitrogens is 4. The molecule has 202 valence electrons. The molecule has 1 fully saturated rings. The summed E-state index contributed by atoms with van der Waals surface area (Å²) in [6.45, 7) is 0.403. The van der Waals surface area contributed by atoms with Gasteiger partial charge in [-0.25, -0.2) is 0 Å². The molecule has 2 N–H and O–H groups in total. The van der Waals surface area contributed by atoms with Crippen LogP contribution in [-0.4, -0.2) is 39.1 Å². The van der Waals surface area contributed by atoms with Crippen molar-refractivity contribution in [1.29, 1.82) is 0 Å². The Kier molecular flexibility index (Phi) is 6.73. The summed E-state index contributed by atoms with van der Waals surface area (Å²) < 4.78 is 12.7. The fourth-order valence-corrected chi connectivity index (χ4v) is 4.99. The van der Waals surface area contributed by atoms with Crippen LogP contribution in [0.25, 0.3) is 17.2 Å². The van der Waals surface area contributed by atoms with Crippen molar-refractivity contribution in [2.45, 2.75) is 24.9 Å². The summed E-state index contributed by atoms with van der Waals surface area (Å²) in [6, 6.07) is 24.2. The number of halogens is 1. The molecule has 0 saturated heterocycles. The Morgan fingerprint density at radius 1 is 1.02 bits per heavy atom. The van der Waals surface area contributed by atoms with Crippen LogP contribution in [0.2, 0.25) is 5.02 Å². The number of fused-ring (bicyclic) bond motifs is 1. The maximum absolute atomic E-state index is 13.2. The first kappa shape index (κ1) is 25.6. The highest BCUT2D eigenvalue weighted by Crippen LogP contribution is 2.50. The van der Waals surface area contributed by atoms with E-state index in [1.54, 1.807) is 31.4 Å². The normalized spacial score (nSPS) is 13.7. The SMILES string of the molecule is COc1ccccc1C1(CNC(=O)c2ccccc2OCc2[nH]c3nc(-c4ccccc4)nn3c(=O)c2Cl)CC1. The molecule has 5 aromatic rings. The van der Waals surface area contributed by atoms with Crippen molar-refractivity contribution in [3.63, 3.8) is 0 Å². The maximum atomic E-state index is 13.2. The summed E-state index contributed by atoms with van der Waals surface area (Å²) in [5.41, 5.74) is 1.92. The summed E-state index contributed by atoms with van der Waals surface area (Å²) in [4.78, 5) is 33.6. The number of carbonyl (C=O) groups is 1. The highest BCUT2D eigenvalue weighted by molar-refractivity contribution is 6.31. The zero-order chi connectivity index (χ0) is 27.7. The molecule has 40 heavy (non-hydrogen) atoms. The lowest BCUT2D eigenvalue weighted by molar-refractivity contribution is 0.0945. The highest BCUT2D eigenvalue weighted by atomic mass is 35.5. The number of hydrogen-bond donors (Lipinski definition) is 2. The van der Waals surface area contributed by atoms with Crippen molar-refractivity contribution in [3.05, 3.63) is 111 Å². The Balaban J connectivity index is 1.19. The van der Waals surface area contributed by atoms with Crippen molar-refractivity contribution in [1.82, 2.24) is 24.9 Å². The Bertz CT molecular complexity index is 1760. The van der Waals surface area contributed by atoms with Crippen LogP contribution in [0, 0.1) is 0 Å². The van der Waals surface area contributed by atoms with Gasteiger partial charge in [-0.15, -0.1) is 5.10 Å². The number of nitrogens with one attached hydrogen (secondary N) is 2. The van der Waals surface area contributed by atoms with Gasteiger partial charge in [0, 0.05) is 23.1 Å². The minimum atomic E-state index is -0.513. The van der Waals surface area contributed by atoms with E-state index in [9.17, 15) is 9.59 Å².